The van der Waals surface area contributed by atoms with Crippen LogP contribution in [0.25, 0.3) is 32.7 Å². The molecule has 6 aromatic rings. The number of rotatable bonds is 11. The van der Waals surface area contributed by atoms with Crippen LogP contribution in [-0.4, -0.2) is 49.1 Å². The van der Waals surface area contributed by atoms with E-state index in [1.54, 1.807) is 50.2 Å². The van der Waals surface area contributed by atoms with E-state index in [1.165, 1.54) is 12.1 Å². The topological polar surface area (TPSA) is 355 Å². The summed E-state index contributed by atoms with van der Waals surface area (Å²) >= 11 is 0.226. The number of benzene rings is 6. The molecule has 0 saturated carbocycles. The van der Waals surface area contributed by atoms with Gasteiger partial charge in [0.15, 0.2) is 11.5 Å². The number of fused-ring (bicyclic) bond motifs is 2. The van der Waals surface area contributed by atoms with Gasteiger partial charge in [-0.1, -0.05) is 24.3 Å². The molecular formula is C34H24N6Na4O14S4. The van der Waals surface area contributed by atoms with Crippen LogP contribution < -0.4 is 135 Å². The van der Waals surface area contributed by atoms with Crippen molar-refractivity contribution in [3.63, 3.8) is 0 Å². The van der Waals surface area contributed by atoms with Gasteiger partial charge in [-0.15, -0.1) is 10.2 Å². The van der Waals surface area contributed by atoms with Gasteiger partial charge in [-0.05, 0) is 84.6 Å². The van der Waals surface area contributed by atoms with Crippen LogP contribution in [0.15, 0.2) is 113 Å². The Kier molecular flexibility index (Phi) is 20.1. The molecule has 6 N–H and O–H groups in total. The predicted octanol–water partition coefficient (Wildman–Crippen LogP) is -6.36. The van der Waals surface area contributed by atoms with Crippen LogP contribution in [0.3, 0.4) is 0 Å². The molecule has 0 aliphatic carbocycles. The van der Waals surface area contributed by atoms with Gasteiger partial charge in [-0.2, -0.15) is 14.6 Å². The van der Waals surface area contributed by atoms with E-state index in [-0.39, 0.29) is 163 Å². The molecule has 0 saturated heterocycles. The molecule has 20 nitrogen and oxygen atoms in total. The third-order valence-electron chi connectivity index (χ3n) is 8.66. The molecule has 28 heteroatoms. The average Bonchev–Trinajstić information content (AvgIpc) is 3.13. The van der Waals surface area contributed by atoms with Gasteiger partial charge < -0.3 is 40.6 Å². The number of hydrogen-bond donors (Lipinski definition) is 4. The van der Waals surface area contributed by atoms with E-state index < -0.39 is 73.0 Å². The maximum Gasteiger partial charge on any atom is 1.00 e. The number of nitrogens with zero attached hydrogens (tertiary/aromatic N) is 4. The molecule has 0 spiro atoms. The van der Waals surface area contributed by atoms with E-state index in [2.05, 4.69) is 29.8 Å². The van der Waals surface area contributed by atoms with Crippen LogP contribution in [0.4, 0.5) is 34.1 Å². The Morgan fingerprint density at radius 2 is 0.919 bits per heavy atom. The van der Waals surface area contributed by atoms with Gasteiger partial charge in [0.1, 0.15) is 41.7 Å². The summed E-state index contributed by atoms with van der Waals surface area (Å²) in [5.41, 5.74) is 13.9. The summed E-state index contributed by atoms with van der Waals surface area (Å²) in [6.45, 7) is 3.46. The molecule has 0 aliphatic rings. The Hall–Kier alpha value is -1.80. The molecule has 0 radical (unpaired) electrons. The molecule has 0 fully saturated rings. The maximum absolute atomic E-state index is 12.0. The van der Waals surface area contributed by atoms with Gasteiger partial charge in [0.2, 0.25) is 0 Å². The van der Waals surface area contributed by atoms with Crippen LogP contribution in [0.2, 0.25) is 0 Å². The molecule has 0 heterocycles. The molecule has 0 bridgehead atoms. The Morgan fingerprint density at radius 3 is 1.31 bits per heavy atom. The number of nitrogens with two attached hydrogens (primary N) is 2. The zero-order valence-corrected chi connectivity index (χ0v) is 44.6. The molecule has 0 aliphatic heterocycles. The normalized spacial score (nSPS) is 11.9. The second-order valence-electron chi connectivity index (χ2n) is 12.3. The summed E-state index contributed by atoms with van der Waals surface area (Å²) < 4.78 is 111. The zero-order chi connectivity index (χ0) is 42.5. The number of azo groups is 2. The average molecular weight is 961 g/mol. The zero-order valence-electron chi connectivity index (χ0n) is 33.3. The van der Waals surface area contributed by atoms with Crippen LogP contribution >= 0.6 is 12.0 Å². The molecule has 6 aromatic carbocycles. The van der Waals surface area contributed by atoms with Crippen LogP contribution in [-0.2, 0) is 39.7 Å². The number of phenols is 2. The van der Waals surface area contributed by atoms with E-state index in [0.29, 0.717) is 28.6 Å². The molecule has 302 valence electrons. The standard InChI is InChI=1S/C34H28N6O14S4.4Na/c1-15-11-17(3-7-21(15)37-39-23-9-5-19-26(56(44,45)46)13-25(55-54-53-43)31(35)29(19)33(23)41)18-4-8-22(16(2)12-18)38-40-24-10-6-20-27(57(47,48)49)14-28(58(50,51)52)32(36)30(20)34(24)42;;;;/h3-14,41-43H,35-36H2,1-2H3,(H,44,45,46)(H,47,48,49)(H,50,51,52);;;;/q;4*+1/p-4. The fraction of sp³-hybridized carbons (Fsp3) is 0.0588. The maximum atomic E-state index is 12.0. The Morgan fingerprint density at radius 1 is 0.548 bits per heavy atom. The van der Waals surface area contributed by atoms with Crippen molar-refractivity contribution in [1.82, 2.24) is 0 Å². The molecule has 0 amide bonds. The number of phenolic OH excluding ortho intramolecular Hbond substituents is 2. The largest absolute Gasteiger partial charge is 1.00 e. The van der Waals surface area contributed by atoms with Crippen molar-refractivity contribution in [2.24, 2.45) is 20.5 Å². The smallest absolute Gasteiger partial charge is 0.744 e. The summed E-state index contributed by atoms with van der Waals surface area (Å²) in [7, 11) is -15.8. The number of anilines is 2. The summed E-state index contributed by atoms with van der Waals surface area (Å²) in [4.78, 5) is -3.23. The number of aryl methyl sites for hydroxylation is 2. The second kappa shape index (κ2) is 22.1. The fourth-order valence-electron chi connectivity index (χ4n) is 5.92. The van der Waals surface area contributed by atoms with Crippen molar-refractivity contribution in [3.8, 4) is 22.6 Å². The predicted molar refractivity (Wildman–Crippen MR) is 202 cm³/mol. The Balaban J connectivity index is 0.00000331. The molecule has 0 atom stereocenters. The molecule has 6 rings (SSSR count). The van der Waals surface area contributed by atoms with Gasteiger partial charge in [0.05, 0.1) is 65.1 Å². The minimum absolute atomic E-state index is 0. The van der Waals surface area contributed by atoms with E-state index >= 15 is 0 Å². The van der Waals surface area contributed by atoms with Gasteiger partial charge >= 0.3 is 118 Å². The summed E-state index contributed by atoms with van der Waals surface area (Å²) in [6.07, 6.45) is 0. The van der Waals surface area contributed by atoms with E-state index in [4.69, 9.17) is 11.5 Å². The fourth-order valence-corrected chi connectivity index (χ4v) is 8.57. The molecular weight excluding hydrogens is 937 g/mol. The quantitative estimate of drug-likeness (QED) is 0.0178. The second-order valence-corrected chi connectivity index (χ2v) is 17.1. The summed E-state index contributed by atoms with van der Waals surface area (Å²) in [5.74, 6) is -1.44. The SMILES string of the molecule is Cc1cc(-c2ccc(N=Nc3ccc4c(S(=O)(=O)[O-])cc(S(=O)(=O)[O-])c(N)c4c3O)c(C)c2)ccc1N=Nc1ccc2c(S(=O)(=O)[O-])cc(SOO[O-])c(N)c2c1O.[Na+].[Na+].[Na+].[Na+]. The van der Waals surface area contributed by atoms with Gasteiger partial charge in [-0.3, -0.25) is 5.04 Å². The minimum atomic E-state index is -5.37. The molecule has 62 heavy (non-hydrogen) atoms. The number of aromatic hydroxyl groups is 2. The molecule has 0 aromatic heterocycles. The third kappa shape index (κ3) is 12.0. The Bertz CT molecular complexity index is 3130. The number of hydrogen-bond acceptors (Lipinski definition) is 21. The first kappa shape index (κ1) is 56.3. The van der Waals surface area contributed by atoms with E-state index in [9.17, 15) is 54.4 Å². The third-order valence-corrected chi connectivity index (χ3v) is 11.9. The van der Waals surface area contributed by atoms with E-state index in [0.717, 1.165) is 29.3 Å². The molecule has 0 unspecified atom stereocenters. The van der Waals surface area contributed by atoms with Crippen molar-refractivity contribution in [2.45, 2.75) is 33.4 Å². The van der Waals surface area contributed by atoms with Crippen molar-refractivity contribution in [1.29, 1.82) is 0 Å². The van der Waals surface area contributed by atoms with Gasteiger partial charge in [0, 0.05) is 10.8 Å². The van der Waals surface area contributed by atoms with Crippen molar-refractivity contribution < 1.29 is 182 Å². The monoisotopic (exact) mass is 960 g/mol. The van der Waals surface area contributed by atoms with Crippen LogP contribution in [0.1, 0.15) is 11.1 Å². The first-order valence-corrected chi connectivity index (χ1v) is 20.8. The van der Waals surface area contributed by atoms with Gasteiger partial charge in [0.25, 0.3) is 0 Å². The van der Waals surface area contributed by atoms with Crippen molar-refractivity contribution in [3.05, 3.63) is 83.9 Å². The van der Waals surface area contributed by atoms with E-state index in [1.807, 2.05) is 0 Å². The van der Waals surface area contributed by atoms with Gasteiger partial charge in [-0.25, -0.2) is 25.3 Å². The first-order chi connectivity index (χ1) is 27.1. The number of nitrogen functional groups attached to an aromatic ring is 2. The summed E-state index contributed by atoms with van der Waals surface area (Å²) in [6, 6.07) is 16.1. The minimum Gasteiger partial charge on any atom is -0.744 e. The van der Waals surface area contributed by atoms with Crippen molar-refractivity contribution in [2.75, 3.05) is 11.5 Å². The van der Waals surface area contributed by atoms with Crippen LogP contribution in [0.5, 0.6) is 11.5 Å². The van der Waals surface area contributed by atoms with Crippen molar-refractivity contribution >= 4 is 98.1 Å². The van der Waals surface area contributed by atoms with Crippen LogP contribution in [0, 0.1) is 13.8 Å². The summed E-state index contributed by atoms with van der Waals surface area (Å²) in [5, 5.41) is 50.5. The first-order valence-electron chi connectivity index (χ1n) is 15.8. The Labute approximate surface area is 446 Å².